The molecule has 26 heavy (non-hydrogen) atoms. The predicted molar refractivity (Wildman–Crippen MR) is 104 cm³/mol. The summed E-state index contributed by atoms with van der Waals surface area (Å²) in [5.74, 6) is 0.726. The van der Waals surface area contributed by atoms with Crippen molar-refractivity contribution < 1.29 is 9.53 Å². The fourth-order valence-corrected chi connectivity index (χ4v) is 3.37. The van der Waals surface area contributed by atoms with E-state index < -0.39 is 0 Å². The first kappa shape index (κ1) is 18.5. The van der Waals surface area contributed by atoms with Gasteiger partial charge in [0.25, 0.3) is 5.91 Å². The minimum atomic E-state index is -0.0607. The maximum absolute atomic E-state index is 12.3. The Labute approximate surface area is 156 Å². The van der Waals surface area contributed by atoms with Gasteiger partial charge in [-0.15, -0.1) is 0 Å². The van der Waals surface area contributed by atoms with Crippen LogP contribution in [0.25, 0.3) is 0 Å². The topological polar surface area (TPSA) is 41.6 Å². The summed E-state index contributed by atoms with van der Waals surface area (Å²) in [5, 5.41) is 3.00. The molecule has 3 rings (SSSR count). The van der Waals surface area contributed by atoms with Gasteiger partial charge in [0, 0.05) is 18.7 Å². The molecule has 0 spiro atoms. The van der Waals surface area contributed by atoms with Crippen molar-refractivity contribution in [1.82, 2.24) is 10.2 Å². The number of likely N-dealkylation sites (tertiary alicyclic amines) is 1. The molecule has 2 aromatic carbocycles. The third-order valence-corrected chi connectivity index (χ3v) is 4.73. The molecule has 2 aromatic rings. The summed E-state index contributed by atoms with van der Waals surface area (Å²) in [6.07, 6.45) is 3.96. The van der Waals surface area contributed by atoms with Crippen LogP contribution in [0.5, 0.6) is 5.75 Å². The van der Waals surface area contributed by atoms with Crippen molar-refractivity contribution in [2.45, 2.75) is 39.3 Å². The number of nitrogens with zero attached hydrogens (tertiary/aromatic N) is 1. The lowest BCUT2D eigenvalue weighted by Crippen LogP contribution is -2.29. The molecule has 1 amide bonds. The fourth-order valence-electron chi connectivity index (χ4n) is 3.37. The molecule has 0 atom stereocenters. The highest BCUT2D eigenvalue weighted by Crippen LogP contribution is 2.15. The van der Waals surface area contributed by atoms with E-state index in [1.165, 1.54) is 37.9 Å². The highest BCUT2D eigenvalue weighted by Gasteiger charge is 2.11. The predicted octanol–water partition coefficient (Wildman–Crippen LogP) is 4.00. The van der Waals surface area contributed by atoms with Gasteiger partial charge in [0.2, 0.25) is 0 Å². The van der Waals surface area contributed by atoms with E-state index in [1.807, 2.05) is 19.1 Å². The van der Waals surface area contributed by atoms with Crippen LogP contribution in [0.1, 0.15) is 47.7 Å². The first-order valence-electron chi connectivity index (χ1n) is 9.56. The first-order valence-corrected chi connectivity index (χ1v) is 9.56. The number of hydrogen-bond acceptors (Lipinski definition) is 3. The molecule has 1 N–H and O–H groups in total. The van der Waals surface area contributed by atoms with Gasteiger partial charge in [-0.05, 0) is 68.2 Å². The second kappa shape index (κ2) is 9.39. The van der Waals surface area contributed by atoms with Crippen molar-refractivity contribution in [2.24, 2.45) is 0 Å². The van der Waals surface area contributed by atoms with Crippen LogP contribution in [-0.2, 0) is 13.1 Å². The Bertz CT molecular complexity index is 706. The monoisotopic (exact) mass is 352 g/mol. The molecule has 4 nitrogen and oxygen atoms in total. The highest BCUT2D eigenvalue weighted by molar-refractivity contribution is 5.94. The van der Waals surface area contributed by atoms with E-state index in [2.05, 4.69) is 34.5 Å². The molecule has 0 radical (unpaired) electrons. The lowest BCUT2D eigenvalue weighted by atomic mass is 10.1. The second-order valence-corrected chi connectivity index (χ2v) is 6.80. The second-order valence-electron chi connectivity index (χ2n) is 6.80. The van der Waals surface area contributed by atoms with E-state index in [4.69, 9.17) is 4.74 Å². The van der Waals surface area contributed by atoms with Crippen molar-refractivity contribution >= 4 is 5.91 Å². The molecule has 1 aliphatic heterocycles. The first-order chi connectivity index (χ1) is 12.7. The molecule has 1 saturated heterocycles. The van der Waals surface area contributed by atoms with Gasteiger partial charge in [-0.2, -0.15) is 0 Å². The SMILES string of the molecule is CCOc1ccc(C(=O)NCc2cccc(CN3CCCCC3)c2)cc1. The van der Waals surface area contributed by atoms with Crippen molar-refractivity contribution in [3.05, 3.63) is 65.2 Å². The van der Waals surface area contributed by atoms with Gasteiger partial charge in [0.05, 0.1) is 6.61 Å². The Kier molecular flexibility index (Phi) is 6.67. The average molecular weight is 352 g/mol. The van der Waals surface area contributed by atoms with Gasteiger partial charge in [0.1, 0.15) is 5.75 Å². The number of carbonyl (C=O) groups is 1. The molecule has 1 aliphatic rings. The third-order valence-electron chi connectivity index (χ3n) is 4.73. The third kappa shape index (κ3) is 5.33. The zero-order valence-electron chi connectivity index (χ0n) is 15.5. The zero-order chi connectivity index (χ0) is 18.2. The van der Waals surface area contributed by atoms with E-state index in [0.717, 1.165) is 17.9 Å². The Balaban J connectivity index is 1.53. The molecule has 0 unspecified atom stereocenters. The maximum atomic E-state index is 12.3. The van der Waals surface area contributed by atoms with Gasteiger partial charge in [-0.3, -0.25) is 9.69 Å². The molecule has 1 fully saturated rings. The molecular weight excluding hydrogens is 324 g/mol. The lowest BCUT2D eigenvalue weighted by molar-refractivity contribution is 0.0951. The van der Waals surface area contributed by atoms with Crippen molar-refractivity contribution in [2.75, 3.05) is 19.7 Å². The number of piperidine rings is 1. The number of benzene rings is 2. The number of rotatable bonds is 7. The maximum Gasteiger partial charge on any atom is 0.251 e. The largest absolute Gasteiger partial charge is 0.494 e. The van der Waals surface area contributed by atoms with Crippen molar-refractivity contribution in [3.8, 4) is 5.75 Å². The average Bonchev–Trinajstić information content (AvgIpc) is 2.68. The minimum Gasteiger partial charge on any atom is -0.494 e. The van der Waals surface area contributed by atoms with Crippen LogP contribution in [0.2, 0.25) is 0 Å². The van der Waals surface area contributed by atoms with Gasteiger partial charge in [0.15, 0.2) is 0 Å². The van der Waals surface area contributed by atoms with E-state index in [9.17, 15) is 4.79 Å². The molecule has 1 heterocycles. The minimum absolute atomic E-state index is 0.0607. The van der Waals surface area contributed by atoms with E-state index >= 15 is 0 Å². The smallest absolute Gasteiger partial charge is 0.251 e. The quantitative estimate of drug-likeness (QED) is 0.819. The number of nitrogens with one attached hydrogen (secondary N) is 1. The molecule has 0 aromatic heterocycles. The summed E-state index contributed by atoms with van der Waals surface area (Å²) in [6.45, 7) is 6.50. The summed E-state index contributed by atoms with van der Waals surface area (Å²) in [4.78, 5) is 14.8. The molecule has 0 bridgehead atoms. The summed E-state index contributed by atoms with van der Waals surface area (Å²) >= 11 is 0. The van der Waals surface area contributed by atoms with Crippen LogP contribution in [0.3, 0.4) is 0 Å². The number of carbonyl (C=O) groups excluding carboxylic acids is 1. The van der Waals surface area contributed by atoms with E-state index in [-0.39, 0.29) is 5.91 Å². The molecule has 0 saturated carbocycles. The summed E-state index contributed by atoms with van der Waals surface area (Å²) in [6, 6.07) is 15.8. The molecule has 4 heteroatoms. The number of hydrogen-bond donors (Lipinski definition) is 1. The number of ether oxygens (including phenoxy) is 1. The van der Waals surface area contributed by atoms with Crippen molar-refractivity contribution in [1.29, 1.82) is 0 Å². The Morgan fingerprint density at radius 3 is 2.50 bits per heavy atom. The van der Waals surface area contributed by atoms with Crippen LogP contribution in [-0.4, -0.2) is 30.5 Å². The lowest BCUT2D eigenvalue weighted by Gasteiger charge is -2.26. The summed E-state index contributed by atoms with van der Waals surface area (Å²) in [7, 11) is 0. The van der Waals surface area contributed by atoms with Gasteiger partial charge < -0.3 is 10.1 Å². The van der Waals surface area contributed by atoms with E-state index in [0.29, 0.717) is 18.7 Å². The van der Waals surface area contributed by atoms with Crippen LogP contribution >= 0.6 is 0 Å². The van der Waals surface area contributed by atoms with E-state index in [1.54, 1.807) is 12.1 Å². The van der Waals surface area contributed by atoms with Gasteiger partial charge in [-0.1, -0.05) is 30.7 Å². The Morgan fingerprint density at radius 2 is 1.77 bits per heavy atom. The Hall–Kier alpha value is -2.33. The summed E-state index contributed by atoms with van der Waals surface area (Å²) < 4.78 is 5.41. The van der Waals surface area contributed by atoms with Crippen LogP contribution in [0.15, 0.2) is 48.5 Å². The standard InChI is InChI=1S/C22H28N2O2/c1-2-26-21-11-9-20(10-12-21)22(25)23-16-18-7-6-8-19(15-18)17-24-13-4-3-5-14-24/h6-12,15H,2-5,13-14,16-17H2,1H3,(H,23,25). The molecule has 0 aliphatic carbocycles. The highest BCUT2D eigenvalue weighted by atomic mass is 16.5. The van der Waals surface area contributed by atoms with Gasteiger partial charge >= 0.3 is 0 Å². The molecule has 138 valence electrons. The Morgan fingerprint density at radius 1 is 1.04 bits per heavy atom. The molecular formula is C22H28N2O2. The zero-order valence-corrected chi connectivity index (χ0v) is 15.5. The normalized spacial score (nSPS) is 14.8. The van der Waals surface area contributed by atoms with Crippen molar-refractivity contribution in [3.63, 3.8) is 0 Å². The van der Waals surface area contributed by atoms with Crippen LogP contribution in [0.4, 0.5) is 0 Å². The number of amides is 1. The van der Waals surface area contributed by atoms with Gasteiger partial charge in [-0.25, -0.2) is 0 Å². The summed E-state index contributed by atoms with van der Waals surface area (Å²) in [5.41, 5.74) is 3.11. The van der Waals surface area contributed by atoms with Crippen LogP contribution in [0, 0.1) is 0 Å². The van der Waals surface area contributed by atoms with Crippen LogP contribution < -0.4 is 10.1 Å². The fraction of sp³-hybridized carbons (Fsp3) is 0.409.